The summed E-state index contributed by atoms with van der Waals surface area (Å²) in [7, 11) is 0. The minimum atomic E-state index is -0.118. The topological polar surface area (TPSA) is 76.8 Å². The molecule has 1 aliphatic rings. The van der Waals surface area contributed by atoms with E-state index in [2.05, 4.69) is 42.7 Å². The zero-order valence-electron chi connectivity index (χ0n) is 16.3. The average molecular weight is 396 g/mol. The van der Waals surface area contributed by atoms with Gasteiger partial charge in [0.2, 0.25) is 0 Å². The Morgan fingerprint density at radius 3 is 2.70 bits per heavy atom. The summed E-state index contributed by atoms with van der Waals surface area (Å²) < 4.78 is 2.13. The van der Waals surface area contributed by atoms with Crippen molar-refractivity contribution < 1.29 is 4.79 Å². The highest BCUT2D eigenvalue weighted by Crippen LogP contribution is 2.33. The molecule has 0 fully saturated rings. The lowest BCUT2D eigenvalue weighted by atomic mass is 9.88. The van der Waals surface area contributed by atoms with E-state index in [1.807, 2.05) is 41.7 Å². The fraction of sp³-hybridized carbons (Fsp3) is 0.174. The van der Waals surface area contributed by atoms with Crippen LogP contribution in [0.15, 0.2) is 79.8 Å². The van der Waals surface area contributed by atoms with Crippen LogP contribution < -0.4 is 0 Å². The van der Waals surface area contributed by atoms with Gasteiger partial charge in [-0.1, -0.05) is 30.3 Å². The van der Waals surface area contributed by atoms with Crippen molar-refractivity contribution in [1.29, 1.82) is 0 Å². The zero-order chi connectivity index (χ0) is 20.3. The second kappa shape index (κ2) is 7.87. The van der Waals surface area contributed by atoms with Gasteiger partial charge in [0.05, 0.1) is 18.7 Å². The van der Waals surface area contributed by atoms with E-state index in [9.17, 15) is 4.79 Å². The molecule has 1 amide bonds. The molecule has 0 saturated heterocycles. The van der Waals surface area contributed by atoms with Gasteiger partial charge in [0.1, 0.15) is 11.5 Å². The molecule has 1 unspecified atom stereocenters. The number of rotatable bonds is 4. The molecule has 5 rings (SSSR count). The fourth-order valence-electron chi connectivity index (χ4n) is 4.01. The molecule has 7 nitrogen and oxygen atoms in total. The monoisotopic (exact) mass is 396 g/mol. The first kappa shape index (κ1) is 18.2. The van der Waals surface area contributed by atoms with Crippen LogP contribution in [0.25, 0.3) is 0 Å². The number of imidazole rings is 1. The summed E-state index contributed by atoms with van der Waals surface area (Å²) in [6.45, 7) is 1.77. The minimum Gasteiger partial charge on any atom is -0.332 e. The van der Waals surface area contributed by atoms with Crippen molar-refractivity contribution in [3.05, 3.63) is 108 Å². The number of carbonyl (C=O) groups excluding carboxylic acids is 1. The first-order chi connectivity index (χ1) is 14.8. The Morgan fingerprint density at radius 2 is 1.87 bits per heavy atom. The number of aromatic nitrogens is 5. The van der Waals surface area contributed by atoms with Crippen molar-refractivity contribution in [1.82, 2.24) is 29.4 Å². The summed E-state index contributed by atoms with van der Waals surface area (Å²) in [5, 5.41) is 0. The second-order valence-electron chi connectivity index (χ2n) is 7.30. The van der Waals surface area contributed by atoms with Crippen LogP contribution in [-0.2, 0) is 13.1 Å². The predicted molar refractivity (Wildman–Crippen MR) is 111 cm³/mol. The van der Waals surface area contributed by atoms with E-state index in [4.69, 9.17) is 0 Å². The third-order valence-corrected chi connectivity index (χ3v) is 5.40. The Kier molecular flexibility index (Phi) is 4.77. The first-order valence-electron chi connectivity index (χ1n) is 9.82. The normalized spacial score (nSPS) is 15.6. The minimum absolute atomic E-state index is 0.0257. The van der Waals surface area contributed by atoms with Gasteiger partial charge in [-0.25, -0.2) is 9.97 Å². The van der Waals surface area contributed by atoms with Gasteiger partial charge in [0, 0.05) is 50.3 Å². The number of hydrogen-bond donors (Lipinski definition) is 0. The Morgan fingerprint density at radius 1 is 0.967 bits per heavy atom. The number of benzene rings is 1. The predicted octanol–water partition coefficient (Wildman–Crippen LogP) is 2.90. The molecule has 0 saturated carbocycles. The average Bonchev–Trinajstić information content (AvgIpc) is 3.27. The van der Waals surface area contributed by atoms with Crippen molar-refractivity contribution in [2.45, 2.75) is 19.0 Å². The van der Waals surface area contributed by atoms with Crippen LogP contribution in [0, 0.1) is 0 Å². The molecule has 0 N–H and O–H groups in total. The van der Waals surface area contributed by atoms with E-state index in [0.29, 0.717) is 25.3 Å². The number of hydrogen-bond acceptors (Lipinski definition) is 5. The van der Waals surface area contributed by atoms with Gasteiger partial charge in [0.15, 0.2) is 0 Å². The smallest absolute Gasteiger partial charge is 0.274 e. The first-order valence-corrected chi connectivity index (χ1v) is 9.82. The molecule has 0 bridgehead atoms. The Labute approximate surface area is 174 Å². The second-order valence-corrected chi connectivity index (χ2v) is 7.30. The van der Waals surface area contributed by atoms with Gasteiger partial charge in [-0.3, -0.25) is 14.8 Å². The van der Waals surface area contributed by atoms with E-state index in [0.717, 1.165) is 17.0 Å². The molecule has 30 heavy (non-hydrogen) atoms. The molecule has 0 spiro atoms. The van der Waals surface area contributed by atoms with Crippen molar-refractivity contribution in [3.8, 4) is 0 Å². The van der Waals surface area contributed by atoms with Crippen molar-refractivity contribution in [2.24, 2.45) is 0 Å². The standard InChI is InChI=1S/C23H20N6O/c30-23(21-13-25-8-9-26-21)29-15-18-5-1-2-6-19(18)20(16-29)22-27-10-11-28(22)14-17-4-3-7-24-12-17/h1-13,20H,14-16H2. The maximum Gasteiger partial charge on any atom is 0.274 e. The van der Waals surface area contributed by atoms with Crippen LogP contribution in [0.4, 0.5) is 0 Å². The van der Waals surface area contributed by atoms with Gasteiger partial charge in [0.25, 0.3) is 5.91 Å². The lowest BCUT2D eigenvalue weighted by molar-refractivity contribution is 0.0716. The molecular weight excluding hydrogens is 376 g/mol. The van der Waals surface area contributed by atoms with E-state index in [1.165, 1.54) is 11.8 Å². The number of nitrogens with zero attached hydrogens (tertiary/aromatic N) is 6. The molecule has 7 heteroatoms. The number of pyridine rings is 1. The molecule has 148 valence electrons. The van der Waals surface area contributed by atoms with Crippen LogP contribution in [0.3, 0.4) is 0 Å². The third-order valence-electron chi connectivity index (χ3n) is 5.40. The van der Waals surface area contributed by atoms with Gasteiger partial charge in [-0.15, -0.1) is 0 Å². The number of amides is 1. The van der Waals surface area contributed by atoms with Crippen molar-refractivity contribution in [2.75, 3.05) is 6.54 Å². The highest BCUT2D eigenvalue weighted by atomic mass is 16.2. The fourth-order valence-corrected chi connectivity index (χ4v) is 4.01. The molecule has 4 aromatic rings. The van der Waals surface area contributed by atoms with E-state index >= 15 is 0 Å². The maximum atomic E-state index is 13.1. The summed E-state index contributed by atoms with van der Waals surface area (Å²) in [5.41, 5.74) is 3.80. The zero-order valence-corrected chi connectivity index (χ0v) is 16.3. The summed E-state index contributed by atoms with van der Waals surface area (Å²) >= 11 is 0. The van der Waals surface area contributed by atoms with Gasteiger partial charge in [-0.2, -0.15) is 0 Å². The molecule has 1 aliphatic heterocycles. The number of carbonyl (C=O) groups is 1. The highest BCUT2D eigenvalue weighted by Gasteiger charge is 2.32. The summed E-state index contributed by atoms with van der Waals surface area (Å²) in [4.78, 5) is 32.0. The molecule has 0 aliphatic carbocycles. The molecule has 0 radical (unpaired) electrons. The molecule has 1 atom stereocenters. The maximum absolute atomic E-state index is 13.1. The summed E-state index contributed by atoms with van der Waals surface area (Å²) in [5.74, 6) is 0.790. The highest BCUT2D eigenvalue weighted by molar-refractivity contribution is 5.92. The third kappa shape index (κ3) is 3.45. The van der Waals surface area contributed by atoms with Gasteiger partial charge < -0.3 is 9.47 Å². The van der Waals surface area contributed by atoms with Crippen LogP contribution in [0.1, 0.15) is 38.9 Å². The van der Waals surface area contributed by atoms with E-state index in [1.54, 1.807) is 18.6 Å². The Bertz CT molecular complexity index is 1160. The van der Waals surface area contributed by atoms with Crippen LogP contribution >= 0.6 is 0 Å². The van der Waals surface area contributed by atoms with E-state index in [-0.39, 0.29) is 11.8 Å². The molecule has 4 heterocycles. The largest absolute Gasteiger partial charge is 0.332 e. The van der Waals surface area contributed by atoms with Gasteiger partial charge in [-0.05, 0) is 22.8 Å². The Hall–Kier alpha value is -3.87. The quantitative estimate of drug-likeness (QED) is 0.530. The molecule has 3 aromatic heterocycles. The lowest BCUT2D eigenvalue weighted by Gasteiger charge is -2.34. The lowest BCUT2D eigenvalue weighted by Crippen LogP contribution is -2.39. The molecule has 1 aromatic carbocycles. The molecular formula is C23H20N6O. The SMILES string of the molecule is O=C(c1cnccn1)N1Cc2ccccc2C(c2nccn2Cc2cccnc2)C1. The summed E-state index contributed by atoms with van der Waals surface area (Å²) in [6, 6.07) is 12.2. The summed E-state index contributed by atoms with van der Waals surface area (Å²) in [6.07, 6.45) is 12.1. The van der Waals surface area contributed by atoms with Crippen LogP contribution in [0.2, 0.25) is 0 Å². The van der Waals surface area contributed by atoms with Gasteiger partial charge >= 0.3 is 0 Å². The van der Waals surface area contributed by atoms with E-state index < -0.39 is 0 Å². The van der Waals surface area contributed by atoms with Crippen LogP contribution in [0.5, 0.6) is 0 Å². The van der Waals surface area contributed by atoms with Crippen molar-refractivity contribution >= 4 is 5.91 Å². The number of fused-ring (bicyclic) bond motifs is 1. The Balaban J connectivity index is 1.50. The van der Waals surface area contributed by atoms with Crippen LogP contribution in [-0.4, -0.2) is 41.9 Å². The van der Waals surface area contributed by atoms with Crippen molar-refractivity contribution in [3.63, 3.8) is 0 Å².